The second-order valence-electron chi connectivity index (χ2n) is 3.93. The number of unbranched alkanes of at least 4 members (excludes halogenated alkanes) is 2. The highest BCUT2D eigenvalue weighted by molar-refractivity contribution is 5.22. The first-order valence-electron chi connectivity index (χ1n) is 5.99. The number of rotatable bonds is 8. The first kappa shape index (κ1) is 12.9. The van der Waals surface area contributed by atoms with Crippen LogP contribution in [0.1, 0.15) is 30.9 Å². The average Bonchev–Trinajstić information content (AvgIpc) is 2.35. The van der Waals surface area contributed by atoms with Crippen LogP contribution in [0.25, 0.3) is 0 Å². The van der Waals surface area contributed by atoms with Crippen molar-refractivity contribution in [1.82, 2.24) is 5.32 Å². The van der Waals surface area contributed by atoms with Gasteiger partial charge in [0.2, 0.25) is 0 Å². The molecule has 0 aromatic heterocycles. The van der Waals surface area contributed by atoms with E-state index >= 15 is 0 Å². The second kappa shape index (κ2) is 8.08. The molecule has 1 atom stereocenters. The first-order chi connectivity index (χ1) is 7.88. The standard InChI is InChI=1S/C14H22N2/c1-2-14(13-9-5-3-6-10-13)16-12-8-4-7-11-15/h2-3,5-6,9-10,14,16H,1,4,7-8,11-12,15H2. The van der Waals surface area contributed by atoms with Gasteiger partial charge in [-0.25, -0.2) is 0 Å². The van der Waals surface area contributed by atoms with Crippen LogP contribution in [0.15, 0.2) is 43.0 Å². The van der Waals surface area contributed by atoms with Crippen molar-refractivity contribution >= 4 is 0 Å². The lowest BCUT2D eigenvalue weighted by atomic mass is 10.1. The highest BCUT2D eigenvalue weighted by Gasteiger charge is 2.04. The fraction of sp³-hybridized carbons (Fsp3) is 0.429. The lowest BCUT2D eigenvalue weighted by molar-refractivity contribution is 0.570. The van der Waals surface area contributed by atoms with Gasteiger partial charge in [-0.05, 0) is 31.5 Å². The molecule has 0 heterocycles. The average molecular weight is 218 g/mol. The molecule has 0 aliphatic heterocycles. The van der Waals surface area contributed by atoms with Crippen molar-refractivity contribution in [2.75, 3.05) is 13.1 Å². The van der Waals surface area contributed by atoms with E-state index in [4.69, 9.17) is 5.73 Å². The molecule has 0 aliphatic carbocycles. The van der Waals surface area contributed by atoms with Crippen LogP contribution < -0.4 is 11.1 Å². The first-order valence-corrected chi connectivity index (χ1v) is 5.99. The Morgan fingerprint density at radius 2 is 1.94 bits per heavy atom. The zero-order valence-electron chi connectivity index (χ0n) is 9.86. The van der Waals surface area contributed by atoms with Crippen LogP contribution in [0, 0.1) is 0 Å². The summed E-state index contributed by atoms with van der Waals surface area (Å²) in [5.74, 6) is 0. The Morgan fingerprint density at radius 1 is 1.19 bits per heavy atom. The molecule has 0 amide bonds. The zero-order valence-corrected chi connectivity index (χ0v) is 9.86. The van der Waals surface area contributed by atoms with E-state index in [1.807, 2.05) is 12.1 Å². The van der Waals surface area contributed by atoms with Gasteiger partial charge in [-0.1, -0.05) is 42.8 Å². The van der Waals surface area contributed by atoms with Crippen molar-refractivity contribution in [2.24, 2.45) is 5.73 Å². The Hall–Kier alpha value is -1.12. The summed E-state index contributed by atoms with van der Waals surface area (Å²) in [5.41, 5.74) is 6.73. The van der Waals surface area contributed by atoms with Crippen molar-refractivity contribution < 1.29 is 0 Å². The monoisotopic (exact) mass is 218 g/mol. The predicted molar refractivity (Wildman–Crippen MR) is 70.3 cm³/mol. The van der Waals surface area contributed by atoms with Gasteiger partial charge < -0.3 is 11.1 Å². The molecule has 2 heteroatoms. The van der Waals surface area contributed by atoms with E-state index in [9.17, 15) is 0 Å². The summed E-state index contributed by atoms with van der Waals surface area (Å²) >= 11 is 0. The third-order valence-electron chi connectivity index (χ3n) is 2.64. The third kappa shape index (κ3) is 4.60. The molecule has 0 spiro atoms. The fourth-order valence-electron chi connectivity index (χ4n) is 1.70. The molecule has 1 unspecified atom stereocenters. The lowest BCUT2D eigenvalue weighted by Crippen LogP contribution is -2.20. The summed E-state index contributed by atoms with van der Waals surface area (Å²) in [7, 11) is 0. The smallest absolute Gasteiger partial charge is 0.0503 e. The molecule has 88 valence electrons. The molecule has 1 aromatic carbocycles. The van der Waals surface area contributed by atoms with E-state index < -0.39 is 0 Å². The van der Waals surface area contributed by atoms with E-state index in [-0.39, 0.29) is 6.04 Å². The van der Waals surface area contributed by atoms with Crippen molar-refractivity contribution in [1.29, 1.82) is 0 Å². The largest absolute Gasteiger partial charge is 0.330 e. The number of nitrogens with one attached hydrogen (secondary N) is 1. The van der Waals surface area contributed by atoms with Crippen LogP contribution in [0.3, 0.4) is 0 Å². The molecule has 0 bridgehead atoms. The van der Waals surface area contributed by atoms with Crippen molar-refractivity contribution in [2.45, 2.75) is 25.3 Å². The minimum absolute atomic E-state index is 0.263. The Labute approximate surface area is 98.6 Å². The SMILES string of the molecule is C=CC(NCCCCCN)c1ccccc1. The highest BCUT2D eigenvalue weighted by atomic mass is 14.9. The molecular formula is C14H22N2. The predicted octanol–water partition coefficient (Wildman–Crippen LogP) is 2.63. The number of hydrogen-bond acceptors (Lipinski definition) is 2. The second-order valence-corrected chi connectivity index (χ2v) is 3.93. The van der Waals surface area contributed by atoms with Crippen LogP contribution in [0.5, 0.6) is 0 Å². The Balaban J connectivity index is 2.30. The van der Waals surface area contributed by atoms with E-state index in [1.54, 1.807) is 0 Å². The highest BCUT2D eigenvalue weighted by Crippen LogP contribution is 2.13. The van der Waals surface area contributed by atoms with Crippen LogP contribution >= 0.6 is 0 Å². The van der Waals surface area contributed by atoms with Gasteiger partial charge in [-0.15, -0.1) is 6.58 Å². The van der Waals surface area contributed by atoms with Gasteiger partial charge in [0.15, 0.2) is 0 Å². The Morgan fingerprint density at radius 3 is 2.56 bits per heavy atom. The molecule has 3 N–H and O–H groups in total. The maximum atomic E-state index is 5.45. The minimum Gasteiger partial charge on any atom is -0.330 e. The summed E-state index contributed by atoms with van der Waals surface area (Å²) in [6.07, 6.45) is 5.45. The Bertz CT molecular complexity index is 282. The van der Waals surface area contributed by atoms with Crippen molar-refractivity contribution in [3.8, 4) is 0 Å². The third-order valence-corrected chi connectivity index (χ3v) is 2.64. The van der Waals surface area contributed by atoms with Gasteiger partial charge in [0.25, 0.3) is 0 Å². The number of benzene rings is 1. The molecule has 0 saturated carbocycles. The van der Waals surface area contributed by atoms with Crippen LogP contribution in [-0.4, -0.2) is 13.1 Å². The summed E-state index contributed by atoms with van der Waals surface area (Å²) in [6, 6.07) is 10.7. The van der Waals surface area contributed by atoms with Gasteiger partial charge in [-0.3, -0.25) is 0 Å². The fourth-order valence-corrected chi connectivity index (χ4v) is 1.70. The van der Waals surface area contributed by atoms with Crippen LogP contribution in [0.2, 0.25) is 0 Å². The normalized spacial score (nSPS) is 12.3. The Kier molecular flexibility index (Phi) is 6.54. The van der Waals surface area contributed by atoms with Crippen molar-refractivity contribution in [3.05, 3.63) is 48.6 Å². The zero-order chi connectivity index (χ0) is 11.6. The molecular weight excluding hydrogens is 196 g/mol. The van der Waals surface area contributed by atoms with Gasteiger partial charge in [0.05, 0.1) is 6.04 Å². The summed E-state index contributed by atoms with van der Waals surface area (Å²) < 4.78 is 0. The molecule has 1 aromatic rings. The van der Waals surface area contributed by atoms with Crippen LogP contribution in [0.4, 0.5) is 0 Å². The van der Waals surface area contributed by atoms with E-state index in [0.29, 0.717) is 0 Å². The molecule has 2 nitrogen and oxygen atoms in total. The summed E-state index contributed by atoms with van der Waals surface area (Å²) in [5, 5.41) is 3.49. The van der Waals surface area contributed by atoms with Crippen molar-refractivity contribution in [3.63, 3.8) is 0 Å². The topological polar surface area (TPSA) is 38.0 Å². The maximum absolute atomic E-state index is 5.45. The van der Waals surface area contributed by atoms with Crippen LogP contribution in [-0.2, 0) is 0 Å². The maximum Gasteiger partial charge on any atom is 0.0503 e. The van der Waals surface area contributed by atoms with Gasteiger partial charge in [0, 0.05) is 0 Å². The quantitative estimate of drug-likeness (QED) is 0.520. The number of nitrogens with two attached hydrogens (primary N) is 1. The minimum atomic E-state index is 0.263. The van der Waals surface area contributed by atoms with E-state index in [1.165, 1.54) is 18.4 Å². The number of hydrogen-bond donors (Lipinski definition) is 2. The lowest BCUT2D eigenvalue weighted by Gasteiger charge is -2.14. The molecule has 1 rings (SSSR count). The van der Waals surface area contributed by atoms with Gasteiger partial charge >= 0.3 is 0 Å². The molecule has 0 saturated heterocycles. The molecule has 0 fully saturated rings. The van der Waals surface area contributed by atoms with E-state index in [0.717, 1.165) is 19.5 Å². The van der Waals surface area contributed by atoms with Gasteiger partial charge in [-0.2, -0.15) is 0 Å². The summed E-state index contributed by atoms with van der Waals surface area (Å²) in [6.45, 7) is 5.68. The molecule has 16 heavy (non-hydrogen) atoms. The molecule has 0 aliphatic rings. The summed E-state index contributed by atoms with van der Waals surface area (Å²) in [4.78, 5) is 0. The van der Waals surface area contributed by atoms with Gasteiger partial charge in [0.1, 0.15) is 0 Å². The molecule has 0 radical (unpaired) electrons. The van der Waals surface area contributed by atoms with E-state index in [2.05, 4.69) is 36.2 Å².